The summed E-state index contributed by atoms with van der Waals surface area (Å²) in [5.74, 6) is -0.278. The number of benzene rings is 1. The number of carbonyl (C=O) groups is 2. The Bertz CT molecular complexity index is 649. The molecule has 1 aliphatic rings. The van der Waals surface area contributed by atoms with Crippen LogP contribution in [-0.4, -0.2) is 49.9 Å². The van der Waals surface area contributed by atoms with Crippen molar-refractivity contribution in [3.05, 3.63) is 24.3 Å². The zero-order valence-electron chi connectivity index (χ0n) is 17.6. The lowest BCUT2D eigenvalue weighted by Gasteiger charge is -2.29. The second kappa shape index (κ2) is 9.78. The van der Waals surface area contributed by atoms with E-state index in [-0.39, 0.29) is 11.8 Å². The Morgan fingerprint density at radius 2 is 1.79 bits per heavy atom. The fourth-order valence-electron chi connectivity index (χ4n) is 2.93. The first-order valence-corrected chi connectivity index (χ1v) is 9.92. The Morgan fingerprint density at radius 3 is 2.32 bits per heavy atom. The molecular weight excluding hydrogens is 358 g/mol. The summed E-state index contributed by atoms with van der Waals surface area (Å²) < 4.78 is 10.7. The van der Waals surface area contributed by atoms with Crippen LogP contribution in [0.2, 0.25) is 0 Å². The summed E-state index contributed by atoms with van der Waals surface area (Å²) in [5.41, 5.74) is 1.18. The van der Waals surface area contributed by atoms with Gasteiger partial charge in [0.2, 0.25) is 5.91 Å². The van der Waals surface area contributed by atoms with Gasteiger partial charge in [-0.15, -0.1) is 0 Å². The van der Waals surface area contributed by atoms with E-state index in [2.05, 4.69) is 15.5 Å². The Labute approximate surface area is 167 Å². The van der Waals surface area contributed by atoms with Crippen LogP contribution in [0, 0.1) is 5.92 Å². The van der Waals surface area contributed by atoms with Crippen LogP contribution in [0.5, 0.6) is 0 Å². The molecule has 1 saturated heterocycles. The van der Waals surface area contributed by atoms with Crippen molar-refractivity contribution in [1.29, 1.82) is 0 Å². The Kier molecular flexibility index (Phi) is 7.69. The average molecular weight is 392 g/mol. The zero-order chi connectivity index (χ0) is 20.7. The highest BCUT2D eigenvalue weighted by Crippen LogP contribution is 2.20. The highest BCUT2D eigenvalue weighted by atomic mass is 16.6. The molecular formula is C21H33N3O4. The van der Waals surface area contributed by atoms with Gasteiger partial charge in [-0.3, -0.25) is 4.79 Å². The van der Waals surface area contributed by atoms with Crippen LogP contribution >= 0.6 is 0 Å². The van der Waals surface area contributed by atoms with Crippen LogP contribution in [-0.2, 0) is 14.3 Å². The molecule has 0 bridgehead atoms. The normalized spacial score (nSPS) is 16.8. The number of carbonyl (C=O) groups excluding carboxylic acids is 2. The fraction of sp³-hybridized carbons (Fsp3) is 0.619. The molecule has 1 aromatic rings. The van der Waals surface area contributed by atoms with E-state index in [4.69, 9.17) is 9.47 Å². The lowest BCUT2D eigenvalue weighted by atomic mass is 9.98. The summed E-state index contributed by atoms with van der Waals surface area (Å²) in [5, 5.41) is 5.62. The topological polar surface area (TPSA) is 79.9 Å². The minimum Gasteiger partial charge on any atom is -0.444 e. The van der Waals surface area contributed by atoms with Crippen molar-refractivity contribution < 1.29 is 19.1 Å². The summed E-state index contributed by atoms with van der Waals surface area (Å²) in [6.07, 6.45) is 0.166. The van der Waals surface area contributed by atoms with E-state index in [0.717, 1.165) is 38.4 Å². The van der Waals surface area contributed by atoms with Crippen LogP contribution in [0.1, 0.15) is 41.0 Å². The monoisotopic (exact) mass is 391 g/mol. The molecule has 28 heavy (non-hydrogen) atoms. The smallest absolute Gasteiger partial charge is 0.408 e. The third-order valence-electron chi connectivity index (χ3n) is 4.68. The summed E-state index contributed by atoms with van der Waals surface area (Å²) in [4.78, 5) is 27.2. The highest BCUT2D eigenvalue weighted by Gasteiger charge is 2.28. The third-order valence-corrected chi connectivity index (χ3v) is 4.68. The number of amides is 2. The van der Waals surface area contributed by atoms with Gasteiger partial charge in [0.25, 0.3) is 0 Å². The molecule has 1 aliphatic heterocycles. The van der Waals surface area contributed by atoms with E-state index in [1.54, 1.807) is 20.8 Å². The quantitative estimate of drug-likeness (QED) is 0.777. The first kappa shape index (κ1) is 22.0. The van der Waals surface area contributed by atoms with Crippen molar-refractivity contribution in [1.82, 2.24) is 5.32 Å². The van der Waals surface area contributed by atoms with Crippen molar-refractivity contribution in [3.63, 3.8) is 0 Å². The maximum atomic E-state index is 12.8. The fourth-order valence-corrected chi connectivity index (χ4v) is 2.93. The number of rotatable bonds is 6. The Balaban J connectivity index is 2.00. The van der Waals surface area contributed by atoms with Crippen molar-refractivity contribution >= 4 is 23.4 Å². The van der Waals surface area contributed by atoms with Gasteiger partial charge in [-0.05, 0) is 51.0 Å². The number of alkyl carbamates (subject to hydrolysis) is 1. The maximum Gasteiger partial charge on any atom is 0.408 e. The summed E-state index contributed by atoms with van der Waals surface area (Å²) in [7, 11) is 0. The Hall–Kier alpha value is -2.28. The molecule has 0 unspecified atom stereocenters. The molecule has 0 saturated carbocycles. The standard InChI is InChI=1S/C21H33N3O4/c1-6-15(2)18(23-20(26)28-21(3,4)5)19(25)22-16-7-9-17(10-8-16)24-11-13-27-14-12-24/h7-10,15,18H,6,11-14H2,1-5H3,(H,22,25)(H,23,26)/t15-,18-/m0/s1. The van der Waals surface area contributed by atoms with Crippen LogP contribution in [0.3, 0.4) is 0 Å². The number of hydrogen-bond acceptors (Lipinski definition) is 5. The van der Waals surface area contributed by atoms with Crippen LogP contribution in [0.4, 0.5) is 16.2 Å². The predicted octanol–water partition coefficient (Wildman–Crippen LogP) is 3.40. The van der Waals surface area contributed by atoms with Gasteiger partial charge >= 0.3 is 6.09 Å². The molecule has 0 aromatic heterocycles. The van der Waals surface area contributed by atoms with Gasteiger partial charge in [0, 0.05) is 24.5 Å². The van der Waals surface area contributed by atoms with Gasteiger partial charge in [0.05, 0.1) is 13.2 Å². The third kappa shape index (κ3) is 6.71. The molecule has 0 radical (unpaired) electrons. The number of anilines is 2. The maximum absolute atomic E-state index is 12.8. The highest BCUT2D eigenvalue weighted by molar-refractivity contribution is 5.96. The van der Waals surface area contributed by atoms with E-state index in [9.17, 15) is 9.59 Å². The van der Waals surface area contributed by atoms with E-state index < -0.39 is 17.7 Å². The largest absolute Gasteiger partial charge is 0.444 e. The molecule has 2 amide bonds. The number of nitrogens with zero attached hydrogens (tertiary/aromatic N) is 1. The van der Waals surface area contributed by atoms with E-state index in [1.165, 1.54) is 0 Å². The first-order valence-electron chi connectivity index (χ1n) is 9.92. The molecule has 2 N–H and O–H groups in total. The van der Waals surface area contributed by atoms with Crippen molar-refractivity contribution in [2.75, 3.05) is 36.5 Å². The van der Waals surface area contributed by atoms with Crippen molar-refractivity contribution in [3.8, 4) is 0 Å². The molecule has 1 aromatic carbocycles. The van der Waals surface area contributed by atoms with E-state index in [0.29, 0.717) is 5.69 Å². The minimum atomic E-state index is -0.668. The van der Waals surface area contributed by atoms with Gasteiger partial charge in [0.15, 0.2) is 0 Å². The predicted molar refractivity (Wildman–Crippen MR) is 111 cm³/mol. The van der Waals surface area contributed by atoms with Gasteiger partial charge in [-0.25, -0.2) is 4.79 Å². The molecule has 1 fully saturated rings. The second-order valence-electron chi connectivity index (χ2n) is 8.14. The van der Waals surface area contributed by atoms with Gasteiger partial charge < -0.3 is 25.0 Å². The lowest BCUT2D eigenvalue weighted by molar-refractivity contribution is -0.119. The second-order valence-corrected chi connectivity index (χ2v) is 8.14. The van der Waals surface area contributed by atoms with Crippen molar-refractivity contribution in [2.45, 2.75) is 52.7 Å². The molecule has 2 rings (SSSR count). The van der Waals surface area contributed by atoms with Gasteiger partial charge in [-0.1, -0.05) is 20.3 Å². The van der Waals surface area contributed by atoms with Crippen LogP contribution < -0.4 is 15.5 Å². The molecule has 7 heteroatoms. The molecule has 2 atom stereocenters. The number of ether oxygens (including phenoxy) is 2. The average Bonchev–Trinajstić information content (AvgIpc) is 2.65. The first-order chi connectivity index (χ1) is 13.2. The number of nitrogens with one attached hydrogen (secondary N) is 2. The Morgan fingerprint density at radius 1 is 1.18 bits per heavy atom. The van der Waals surface area contributed by atoms with Crippen LogP contribution in [0.25, 0.3) is 0 Å². The number of hydrogen-bond donors (Lipinski definition) is 2. The summed E-state index contributed by atoms with van der Waals surface area (Å²) >= 11 is 0. The SMILES string of the molecule is CC[C@H](C)[C@H](NC(=O)OC(C)(C)C)C(=O)Nc1ccc(N2CCOCC2)cc1. The zero-order valence-corrected chi connectivity index (χ0v) is 17.6. The lowest BCUT2D eigenvalue weighted by Crippen LogP contribution is -2.49. The van der Waals surface area contributed by atoms with Crippen LogP contribution in [0.15, 0.2) is 24.3 Å². The molecule has 0 spiro atoms. The number of morpholine rings is 1. The molecule has 1 heterocycles. The molecule has 7 nitrogen and oxygen atoms in total. The summed E-state index contributed by atoms with van der Waals surface area (Å²) in [6.45, 7) is 12.5. The van der Waals surface area contributed by atoms with E-state index in [1.807, 2.05) is 38.1 Å². The van der Waals surface area contributed by atoms with E-state index >= 15 is 0 Å². The van der Waals surface area contributed by atoms with Gasteiger partial charge in [0.1, 0.15) is 11.6 Å². The molecule has 156 valence electrons. The molecule has 0 aliphatic carbocycles. The van der Waals surface area contributed by atoms with Crippen molar-refractivity contribution in [2.24, 2.45) is 5.92 Å². The summed E-state index contributed by atoms with van der Waals surface area (Å²) in [6, 6.07) is 7.06. The minimum absolute atomic E-state index is 0.0276. The van der Waals surface area contributed by atoms with Gasteiger partial charge in [-0.2, -0.15) is 0 Å².